The van der Waals surface area contributed by atoms with E-state index in [1.807, 2.05) is 0 Å². The predicted octanol–water partition coefficient (Wildman–Crippen LogP) is 3.23. The van der Waals surface area contributed by atoms with Crippen molar-refractivity contribution in [3.05, 3.63) is 47.6 Å². The van der Waals surface area contributed by atoms with Crippen LogP contribution in [0.25, 0.3) is 0 Å². The number of rotatable bonds is 4. The SMILES string of the molecule is CC(=O)COCC1C2CC=CC=C2C2=CC=CCC21. The summed E-state index contributed by atoms with van der Waals surface area (Å²) in [5, 5.41) is 0. The highest BCUT2D eigenvalue weighted by molar-refractivity contribution is 5.76. The van der Waals surface area contributed by atoms with Gasteiger partial charge in [0.2, 0.25) is 0 Å². The second-order valence-electron chi connectivity index (χ2n) is 5.67. The van der Waals surface area contributed by atoms with Crippen LogP contribution < -0.4 is 0 Å². The molecule has 1 fully saturated rings. The molecular weight excluding hydrogens is 236 g/mol. The minimum atomic E-state index is 0.108. The fourth-order valence-electron chi connectivity index (χ4n) is 3.58. The standard InChI is InChI=1S/C17H20O2/c1-12(18)10-19-11-17-15-8-4-2-6-13(15)14-7-3-5-9-16(14)17/h2-7,15-17H,8-11H2,1H3. The number of Topliss-reactive ketones (excluding diaryl/α,β-unsaturated/α-hetero) is 1. The minimum Gasteiger partial charge on any atom is -0.373 e. The third-order valence-electron chi connectivity index (χ3n) is 4.39. The van der Waals surface area contributed by atoms with Gasteiger partial charge in [-0.3, -0.25) is 4.79 Å². The van der Waals surface area contributed by atoms with Gasteiger partial charge in [-0.25, -0.2) is 0 Å². The van der Waals surface area contributed by atoms with Gasteiger partial charge in [0.1, 0.15) is 6.61 Å². The number of carbonyl (C=O) groups excluding carboxylic acids is 1. The van der Waals surface area contributed by atoms with Gasteiger partial charge in [0.05, 0.1) is 6.61 Å². The summed E-state index contributed by atoms with van der Waals surface area (Å²) in [5.41, 5.74) is 2.99. The van der Waals surface area contributed by atoms with E-state index >= 15 is 0 Å². The highest BCUT2D eigenvalue weighted by Gasteiger charge is 2.42. The van der Waals surface area contributed by atoms with Gasteiger partial charge < -0.3 is 4.74 Å². The molecule has 2 atom stereocenters. The zero-order valence-corrected chi connectivity index (χ0v) is 11.3. The molecule has 0 N–H and O–H groups in total. The number of hydrogen-bond acceptors (Lipinski definition) is 2. The van der Waals surface area contributed by atoms with Crippen LogP contribution in [0, 0.1) is 17.8 Å². The van der Waals surface area contributed by atoms with Crippen LogP contribution in [0.15, 0.2) is 47.6 Å². The lowest BCUT2D eigenvalue weighted by Crippen LogP contribution is -2.23. The third-order valence-corrected chi connectivity index (χ3v) is 4.39. The molecule has 19 heavy (non-hydrogen) atoms. The van der Waals surface area contributed by atoms with E-state index in [2.05, 4.69) is 36.5 Å². The Balaban J connectivity index is 1.78. The molecule has 2 unspecified atom stereocenters. The fraction of sp³-hybridized carbons (Fsp3) is 0.471. The first-order valence-corrected chi connectivity index (χ1v) is 7.08. The van der Waals surface area contributed by atoms with Gasteiger partial charge in [-0.05, 0) is 48.7 Å². The van der Waals surface area contributed by atoms with Crippen LogP contribution in [-0.2, 0) is 9.53 Å². The fourth-order valence-corrected chi connectivity index (χ4v) is 3.58. The van der Waals surface area contributed by atoms with Crippen LogP contribution in [0.3, 0.4) is 0 Å². The van der Waals surface area contributed by atoms with Crippen molar-refractivity contribution in [3.63, 3.8) is 0 Å². The number of hydrogen-bond donors (Lipinski definition) is 0. The molecular formula is C17H20O2. The molecule has 100 valence electrons. The van der Waals surface area contributed by atoms with Crippen molar-refractivity contribution in [1.82, 2.24) is 0 Å². The molecule has 0 aromatic heterocycles. The van der Waals surface area contributed by atoms with Crippen molar-refractivity contribution < 1.29 is 9.53 Å². The largest absolute Gasteiger partial charge is 0.373 e. The smallest absolute Gasteiger partial charge is 0.155 e. The molecule has 3 aliphatic carbocycles. The Morgan fingerprint density at radius 1 is 1.16 bits per heavy atom. The average Bonchev–Trinajstić information content (AvgIpc) is 2.74. The third kappa shape index (κ3) is 2.37. The summed E-state index contributed by atoms with van der Waals surface area (Å²) >= 11 is 0. The molecule has 2 heteroatoms. The molecule has 3 aliphatic rings. The first kappa shape index (κ1) is 12.6. The zero-order chi connectivity index (χ0) is 13.2. The van der Waals surface area contributed by atoms with Gasteiger partial charge >= 0.3 is 0 Å². The second kappa shape index (κ2) is 5.30. The normalized spacial score (nSPS) is 31.5. The Morgan fingerprint density at radius 3 is 2.26 bits per heavy atom. The number of allylic oxidation sites excluding steroid dienone is 8. The minimum absolute atomic E-state index is 0.108. The summed E-state index contributed by atoms with van der Waals surface area (Å²) < 4.78 is 5.62. The first-order chi connectivity index (χ1) is 9.27. The van der Waals surface area contributed by atoms with Crippen molar-refractivity contribution in [1.29, 1.82) is 0 Å². The van der Waals surface area contributed by atoms with Gasteiger partial charge in [0.15, 0.2) is 5.78 Å². The summed E-state index contributed by atoms with van der Waals surface area (Å²) in [4.78, 5) is 11.0. The molecule has 1 saturated carbocycles. The summed E-state index contributed by atoms with van der Waals surface area (Å²) in [6, 6.07) is 0. The molecule has 3 rings (SSSR count). The van der Waals surface area contributed by atoms with E-state index in [9.17, 15) is 4.79 Å². The molecule has 2 nitrogen and oxygen atoms in total. The molecule has 0 bridgehead atoms. The van der Waals surface area contributed by atoms with Crippen molar-refractivity contribution >= 4 is 5.78 Å². The molecule has 0 amide bonds. The Bertz CT molecular complexity index is 457. The topological polar surface area (TPSA) is 26.3 Å². The molecule has 0 heterocycles. The van der Waals surface area contributed by atoms with Crippen LogP contribution >= 0.6 is 0 Å². The lowest BCUT2D eigenvalue weighted by Gasteiger charge is -2.24. The lowest BCUT2D eigenvalue weighted by molar-refractivity contribution is -0.122. The Kier molecular flexibility index (Phi) is 3.52. The van der Waals surface area contributed by atoms with Crippen LogP contribution in [0.4, 0.5) is 0 Å². The van der Waals surface area contributed by atoms with E-state index in [-0.39, 0.29) is 12.4 Å². The lowest BCUT2D eigenvalue weighted by atomic mass is 9.83. The van der Waals surface area contributed by atoms with Gasteiger partial charge in [-0.15, -0.1) is 0 Å². The predicted molar refractivity (Wildman–Crippen MR) is 75.7 cm³/mol. The molecule has 0 aromatic carbocycles. The van der Waals surface area contributed by atoms with E-state index in [1.165, 1.54) is 11.1 Å². The van der Waals surface area contributed by atoms with Gasteiger partial charge in [-0.2, -0.15) is 0 Å². The second-order valence-corrected chi connectivity index (χ2v) is 5.67. The Morgan fingerprint density at radius 2 is 1.74 bits per heavy atom. The zero-order valence-electron chi connectivity index (χ0n) is 11.3. The first-order valence-electron chi connectivity index (χ1n) is 7.08. The highest BCUT2D eigenvalue weighted by Crippen LogP contribution is 2.51. The van der Waals surface area contributed by atoms with Crippen molar-refractivity contribution in [2.45, 2.75) is 19.8 Å². The van der Waals surface area contributed by atoms with E-state index in [1.54, 1.807) is 6.92 Å². The van der Waals surface area contributed by atoms with Gasteiger partial charge in [0, 0.05) is 0 Å². The monoisotopic (exact) mass is 256 g/mol. The molecule has 0 spiro atoms. The van der Waals surface area contributed by atoms with E-state index in [4.69, 9.17) is 4.74 Å². The average molecular weight is 256 g/mol. The van der Waals surface area contributed by atoms with Crippen molar-refractivity contribution in [2.75, 3.05) is 13.2 Å². The van der Waals surface area contributed by atoms with Crippen LogP contribution in [-0.4, -0.2) is 19.0 Å². The number of ether oxygens (including phenoxy) is 1. The number of ketones is 1. The van der Waals surface area contributed by atoms with Crippen molar-refractivity contribution in [3.8, 4) is 0 Å². The summed E-state index contributed by atoms with van der Waals surface area (Å²) in [5.74, 6) is 1.78. The highest BCUT2D eigenvalue weighted by atomic mass is 16.5. The van der Waals surface area contributed by atoms with Crippen LogP contribution in [0.1, 0.15) is 19.8 Å². The number of fused-ring (bicyclic) bond motifs is 3. The maximum Gasteiger partial charge on any atom is 0.155 e. The summed E-state index contributed by atoms with van der Waals surface area (Å²) in [6.07, 6.45) is 15.6. The van der Waals surface area contributed by atoms with Gasteiger partial charge in [-0.1, -0.05) is 36.5 Å². The quantitative estimate of drug-likeness (QED) is 0.772. The Hall–Kier alpha value is -1.41. The molecule has 0 aromatic rings. The molecule has 0 aliphatic heterocycles. The van der Waals surface area contributed by atoms with Gasteiger partial charge in [0.25, 0.3) is 0 Å². The Labute approximate surface area is 114 Å². The number of carbonyl (C=O) groups is 1. The summed E-state index contributed by atoms with van der Waals surface area (Å²) in [7, 11) is 0. The summed E-state index contributed by atoms with van der Waals surface area (Å²) in [6.45, 7) is 2.53. The molecule has 0 saturated heterocycles. The van der Waals surface area contributed by atoms with E-state index in [0.717, 1.165) is 12.8 Å². The maximum absolute atomic E-state index is 11.0. The van der Waals surface area contributed by atoms with Crippen LogP contribution in [0.2, 0.25) is 0 Å². The van der Waals surface area contributed by atoms with Crippen molar-refractivity contribution in [2.24, 2.45) is 17.8 Å². The molecule has 0 radical (unpaired) electrons. The van der Waals surface area contributed by atoms with E-state index < -0.39 is 0 Å². The van der Waals surface area contributed by atoms with E-state index in [0.29, 0.717) is 24.4 Å². The maximum atomic E-state index is 11.0. The van der Waals surface area contributed by atoms with Crippen LogP contribution in [0.5, 0.6) is 0 Å².